The second-order valence-electron chi connectivity index (χ2n) is 4.59. The highest BCUT2D eigenvalue weighted by molar-refractivity contribution is 7.89. The van der Waals surface area contributed by atoms with Crippen molar-refractivity contribution in [2.45, 2.75) is 30.2 Å². The first kappa shape index (κ1) is 15.5. The maximum absolute atomic E-state index is 12.6. The second-order valence-corrected chi connectivity index (χ2v) is 6.89. The Morgan fingerprint density at radius 1 is 1.55 bits per heavy atom. The highest BCUT2D eigenvalue weighted by Crippen LogP contribution is 2.28. The molecule has 0 bridgehead atoms. The van der Waals surface area contributed by atoms with Crippen LogP contribution in [-0.4, -0.2) is 42.0 Å². The first-order chi connectivity index (χ1) is 9.50. The first-order valence-corrected chi connectivity index (χ1v) is 8.07. The number of nitrogens with zero attached hydrogens (tertiary/aromatic N) is 2. The van der Waals surface area contributed by atoms with Crippen LogP contribution in [0.4, 0.5) is 5.82 Å². The van der Waals surface area contributed by atoms with Crippen LogP contribution < -0.4 is 11.3 Å². The number of sulfonamides is 1. The lowest BCUT2D eigenvalue weighted by atomic mass is 10.1. The van der Waals surface area contributed by atoms with Crippen molar-refractivity contribution in [1.29, 1.82) is 0 Å². The van der Waals surface area contributed by atoms with Gasteiger partial charge < -0.3 is 10.5 Å². The lowest BCUT2D eigenvalue weighted by Gasteiger charge is -2.33. The third-order valence-corrected chi connectivity index (χ3v) is 5.55. The molecule has 7 nitrogen and oxygen atoms in total. The molecule has 112 valence electrons. The molecule has 1 fully saturated rings. The fraction of sp³-hybridized carbons (Fsp3) is 0.545. The Hall–Kier alpha value is -0.930. The monoisotopic (exact) mass is 320 g/mol. The van der Waals surface area contributed by atoms with Gasteiger partial charge in [0, 0.05) is 18.8 Å². The van der Waals surface area contributed by atoms with E-state index < -0.39 is 10.0 Å². The number of nitrogens with one attached hydrogen (secondary N) is 1. The van der Waals surface area contributed by atoms with Crippen LogP contribution in [0, 0.1) is 0 Å². The van der Waals surface area contributed by atoms with Gasteiger partial charge in [0.1, 0.15) is 4.90 Å². The number of aliphatic hydroxyl groups excluding tert-OH is 1. The zero-order valence-corrected chi connectivity index (χ0v) is 12.4. The van der Waals surface area contributed by atoms with E-state index in [1.165, 1.54) is 16.6 Å². The van der Waals surface area contributed by atoms with Crippen molar-refractivity contribution in [3.05, 3.63) is 17.3 Å². The van der Waals surface area contributed by atoms with Crippen LogP contribution in [0.1, 0.15) is 19.3 Å². The van der Waals surface area contributed by atoms with Crippen molar-refractivity contribution in [3.63, 3.8) is 0 Å². The molecule has 20 heavy (non-hydrogen) atoms. The summed E-state index contributed by atoms with van der Waals surface area (Å²) in [5.41, 5.74) is 2.28. The summed E-state index contributed by atoms with van der Waals surface area (Å²) in [7, 11) is -3.71. The third-order valence-electron chi connectivity index (χ3n) is 3.34. The summed E-state index contributed by atoms with van der Waals surface area (Å²) in [5, 5.41) is 9.46. The van der Waals surface area contributed by atoms with Crippen LogP contribution in [0.15, 0.2) is 17.2 Å². The van der Waals surface area contributed by atoms with Crippen molar-refractivity contribution in [2.24, 2.45) is 5.84 Å². The van der Waals surface area contributed by atoms with Crippen molar-refractivity contribution >= 4 is 27.4 Å². The number of anilines is 1. The summed E-state index contributed by atoms with van der Waals surface area (Å²) >= 11 is 5.91. The number of rotatable bonds is 4. The highest BCUT2D eigenvalue weighted by atomic mass is 35.5. The van der Waals surface area contributed by atoms with E-state index in [1.54, 1.807) is 0 Å². The molecule has 2 rings (SSSR count). The van der Waals surface area contributed by atoms with E-state index in [0.717, 1.165) is 12.8 Å². The summed E-state index contributed by atoms with van der Waals surface area (Å²) in [6.45, 7) is 0.199. The molecule has 0 amide bonds. The molecule has 1 unspecified atom stereocenters. The van der Waals surface area contributed by atoms with Crippen LogP contribution in [0.2, 0.25) is 5.02 Å². The number of hydrogen-bond donors (Lipinski definition) is 3. The van der Waals surface area contributed by atoms with Crippen LogP contribution >= 0.6 is 11.6 Å². The van der Waals surface area contributed by atoms with Gasteiger partial charge in [0.2, 0.25) is 10.0 Å². The Kier molecular flexibility index (Phi) is 4.82. The molecule has 4 N–H and O–H groups in total. The minimum Gasteiger partial charge on any atom is -0.395 e. The van der Waals surface area contributed by atoms with Gasteiger partial charge in [-0.15, -0.1) is 0 Å². The smallest absolute Gasteiger partial charge is 0.244 e. The maximum atomic E-state index is 12.6. The molecule has 1 aliphatic rings. The fourth-order valence-electron chi connectivity index (χ4n) is 2.28. The van der Waals surface area contributed by atoms with Gasteiger partial charge >= 0.3 is 0 Å². The van der Waals surface area contributed by atoms with E-state index in [-0.39, 0.29) is 28.4 Å². The summed E-state index contributed by atoms with van der Waals surface area (Å²) in [4.78, 5) is 3.87. The predicted molar refractivity (Wildman–Crippen MR) is 75.7 cm³/mol. The molecule has 1 aromatic rings. The lowest BCUT2D eigenvalue weighted by Crippen LogP contribution is -2.45. The van der Waals surface area contributed by atoms with Crippen LogP contribution in [0.3, 0.4) is 0 Å². The molecular weight excluding hydrogens is 304 g/mol. The van der Waals surface area contributed by atoms with Crippen molar-refractivity contribution in [1.82, 2.24) is 9.29 Å². The average Bonchev–Trinajstić information content (AvgIpc) is 2.47. The maximum Gasteiger partial charge on any atom is 0.244 e. The molecule has 0 spiro atoms. The van der Waals surface area contributed by atoms with Gasteiger partial charge in [-0.25, -0.2) is 19.2 Å². The van der Waals surface area contributed by atoms with Gasteiger partial charge in [-0.3, -0.25) is 0 Å². The molecule has 0 aliphatic carbocycles. The minimum atomic E-state index is -3.71. The Morgan fingerprint density at radius 2 is 2.30 bits per heavy atom. The number of halogens is 1. The largest absolute Gasteiger partial charge is 0.395 e. The Bertz CT molecular complexity index is 581. The molecule has 0 saturated carbocycles. The minimum absolute atomic E-state index is 0.00171. The third kappa shape index (κ3) is 2.89. The van der Waals surface area contributed by atoms with Crippen molar-refractivity contribution in [2.75, 3.05) is 18.6 Å². The molecular formula is C11H17ClN4O3S. The topological polar surface area (TPSA) is 109 Å². The van der Waals surface area contributed by atoms with E-state index in [2.05, 4.69) is 10.4 Å². The zero-order valence-electron chi connectivity index (χ0n) is 10.8. The number of hydrogen-bond acceptors (Lipinski definition) is 6. The number of nitrogen functional groups attached to an aromatic ring is 1. The number of aliphatic hydroxyl groups is 1. The SMILES string of the molecule is NNc1ncc(S(=O)(=O)N2CCCCC2CO)cc1Cl. The molecule has 9 heteroatoms. The first-order valence-electron chi connectivity index (χ1n) is 6.25. The molecule has 1 saturated heterocycles. The molecule has 0 aromatic carbocycles. The van der Waals surface area contributed by atoms with E-state index >= 15 is 0 Å². The van der Waals surface area contributed by atoms with Crippen molar-refractivity contribution in [3.8, 4) is 0 Å². The van der Waals surface area contributed by atoms with Crippen molar-refractivity contribution < 1.29 is 13.5 Å². The Labute approximate surface area is 122 Å². The van der Waals surface area contributed by atoms with Crippen LogP contribution in [0.25, 0.3) is 0 Å². The number of piperidine rings is 1. The van der Waals surface area contributed by atoms with E-state index in [9.17, 15) is 13.5 Å². The zero-order chi connectivity index (χ0) is 14.8. The lowest BCUT2D eigenvalue weighted by molar-refractivity contribution is 0.155. The Morgan fingerprint density at radius 3 is 2.90 bits per heavy atom. The van der Waals surface area contributed by atoms with Gasteiger partial charge in [-0.1, -0.05) is 18.0 Å². The number of aromatic nitrogens is 1. The number of nitrogens with two attached hydrogens (primary N) is 1. The number of hydrazine groups is 1. The van der Waals surface area contributed by atoms with Gasteiger partial charge in [0.15, 0.2) is 5.82 Å². The fourth-order valence-corrected chi connectivity index (χ4v) is 4.22. The summed E-state index contributed by atoms with van der Waals surface area (Å²) < 4.78 is 26.5. The van der Waals surface area contributed by atoms with Crippen LogP contribution in [0.5, 0.6) is 0 Å². The van der Waals surface area contributed by atoms with Gasteiger partial charge in [-0.05, 0) is 18.9 Å². The quantitative estimate of drug-likeness (QED) is 0.552. The normalized spacial score (nSPS) is 20.9. The average molecular weight is 321 g/mol. The number of pyridine rings is 1. The second kappa shape index (κ2) is 6.23. The predicted octanol–water partition coefficient (Wildman–Crippen LogP) is 0.556. The standard InChI is InChI=1S/C11H17ClN4O3S/c12-10-5-9(6-14-11(10)15-13)20(18,19)16-4-2-1-3-8(16)7-17/h5-6,8,17H,1-4,7,13H2,(H,14,15). The van der Waals surface area contributed by atoms with E-state index in [0.29, 0.717) is 13.0 Å². The van der Waals surface area contributed by atoms with Crippen LogP contribution in [-0.2, 0) is 10.0 Å². The molecule has 0 radical (unpaired) electrons. The summed E-state index contributed by atoms with van der Waals surface area (Å²) in [6, 6.07) is 0.919. The van der Waals surface area contributed by atoms with Gasteiger partial charge in [-0.2, -0.15) is 4.31 Å². The molecule has 1 aromatic heterocycles. The van der Waals surface area contributed by atoms with Gasteiger partial charge in [0.05, 0.1) is 11.6 Å². The molecule has 1 aliphatic heterocycles. The van der Waals surface area contributed by atoms with E-state index in [1.807, 2.05) is 0 Å². The van der Waals surface area contributed by atoms with Gasteiger partial charge in [0.25, 0.3) is 0 Å². The summed E-state index contributed by atoms with van der Waals surface area (Å²) in [6.07, 6.45) is 3.55. The van der Waals surface area contributed by atoms with E-state index in [4.69, 9.17) is 17.4 Å². The molecule has 1 atom stereocenters. The Balaban J connectivity index is 2.36. The molecule has 2 heterocycles. The highest BCUT2D eigenvalue weighted by Gasteiger charge is 2.33. The summed E-state index contributed by atoms with van der Waals surface area (Å²) in [5.74, 6) is 5.42.